The van der Waals surface area contributed by atoms with Crippen LogP contribution in [-0.4, -0.2) is 18.1 Å². The van der Waals surface area contributed by atoms with E-state index in [9.17, 15) is 0 Å². The van der Waals surface area contributed by atoms with Crippen molar-refractivity contribution in [3.05, 3.63) is 0 Å². The summed E-state index contributed by atoms with van der Waals surface area (Å²) in [6.45, 7) is 0.931. The molecule has 1 spiro atoms. The molecular weight excluding hydrogens is 178 g/mol. The molecule has 2 N–H and O–H groups in total. The molecule has 0 amide bonds. The van der Waals surface area contributed by atoms with Gasteiger partial charge in [0.1, 0.15) is 0 Å². The zero-order valence-electron chi connectivity index (χ0n) is 8.43. The van der Waals surface area contributed by atoms with Gasteiger partial charge in [-0.25, -0.2) is 0 Å². The first-order valence-electron chi connectivity index (χ1n) is 5.65. The molecule has 1 saturated carbocycles. The Balaban J connectivity index is 2.06. The van der Waals surface area contributed by atoms with Gasteiger partial charge in [-0.2, -0.15) is 11.8 Å². The zero-order chi connectivity index (χ0) is 9.15. The first kappa shape index (κ1) is 9.85. The van der Waals surface area contributed by atoms with Crippen molar-refractivity contribution in [1.82, 2.24) is 0 Å². The predicted molar refractivity (Wildman–Crippen MR) is 60.0 cm³/mol. The van der Waals surface area contributed by atoms with Crippen LogP contribution in [0.25, 0.3) is 0 Å². The number of nitrogens with two attached hydrogens (primary N) is 1. The van der Waals surface area contributed by atoms with E-state index in [2.05, 4.69) is 11.8 Å². The molecule has 1 unspecified atom stereocenters. The maximum Gasteiger partial charge on any atom is -0.000767 e. The minimum absolute atomic E-state index is 0.663. The summed E-state index contributed by atoms with van der Waals surface area (Å²) >= 11 is 2.16. The van der Waals surface area contributed by atoms with Crippen molar-refractivity contribution in [3.63, 3.8) is 0 Å². The van der Waals surface area contributed by atoms with Gasteiger partial charge in [-0.3, -0.25) is 0 Å². The third-order valence-electron chi connectivity index (χ3n) is 4.00. The molecule has 1 aliphatic heterocycles. The summed E-state index contributed by atoms with van der Waals surface area (Å²) in [5.74, 6) is 3.59. The predicted octanol–water partition coefficient (Wildman–Crippen LogP) is 2.65. The summed E-state index contributed by atoms with van der Waals surface area (Å²) in [4.78, 5) is 0. The quantitative estimate of drug-likeness (QED) is 0.702. The molecule has 0 bridgehead atoms. The highest BCUT2D eigenvalue weighted by atomic mass is 32.2. The average Bonchev–Trinajstić information content (AvgIpc) is 2.20. The molecule has 2 aliphatic rings. The Labute approximate surface area is 85.8 Å². The molecule has 2 heteroatoms. The highest BCUT2D eigenvalue weighted by Gasteiger charge is 2.40. The molecule has 2 fully saturated rings. The fourth-order valence-electron chi connectivity index (χ4n) is 3.10. The summed E-state index contributed by atoms with van der Waals surface area (Å²) in [5, 5.41) is 0. The van der Waals surface area contributed by atoms with Crippen LogP contribution >= 0.6 is 11.8 Å². The first-order valence-corrected chi connectivity index (χ1v) is 6.81. The summed E-state index contributed by atoms with van der Waals surface area (Å²) < 4.78 is 0. The lowest BCUT2D eigenvalue weighted by Gasteiger charge is -2.46. The fourth-order valence-corrected chi connectivity index (χ4v) is 4.63. The highest BCUT2D eigenvalue weighted by molar-refractivity contribution is 7.99. The molecule has 0 aromatic carbocycles. The Morgan fingerprint density at radius 3 is 2.69 bits per heavy atom. The van der Waals surface area contributed by atoms with E-state index in [-0.39, 0.29) is 0 Å². The van der Waals surface area contributed by atoms with E-state index in [1.165, 1.54) is 50.0 Å². The lowest BCUT2D eigenvalue weighted by atomic mass is 9.66. The number of thioether (sulfide) groups is 1. The van der Waals surface area contributed by atoms with Crippen molar-refractivity contribution in [3.8, 4) is 0 Å². The average molecular weight is 199 g/mol. The number of rotatable bonds is 1. The Kier molecular flexibility index (Phi) is 3.20. The van der Waals surface area contributed by atoms with Gasteiger partial charge in [0.25, 0.3) is 0 Å². The highest BCUT2D eigenvalue weighted by Crippen LogP contribution is 2.48. The SMILES string of the molecule is NCC1CCSCC12CCCCC2. The molecule has 0 radical (unpaired) electrons. The molecule has 76 valence electrons. The van der Waals surface area contributed by atoms with E-state index < -0.39 is 0 Å². The minimum atomic E-state index is 0.663. The second-order valence-electron chi connectivity index (χ2n) is 4.70. The van der Waals surface area contributed by atoms with E-state index in [4.69, 9.17) is 5.73 Å². The Bertz CT molecular complexity index is 155. The van der Waals surface area contributed by atoms with E-state index in [0.717, 1.165) is 12.5 Å². The monoisotopic (exact) mass is 199 g/mol. The van der Waals surface area contributed by atoms with Crippen molar-refractivity contribution in [2.24, 2.45) is 17.1 Å². The van der Waals surface area contributed by atoms with Gasteiger partial charge in [-0.15, -0.1) is 0 Å². The fraction of sp³-hybridized carbons (Fsp3) is 1.00. The lowest BCUT2D eigenvalue weighted by molar-refractivity contribution is 0.121. The van der Waals surface area contributed by atoms with Crippen LogP contribution in [0.3, 0.4) is 0 Å². The summed E-state index contributed by atoms with van der Waals surface area (Å²) in [6, 6.07) is 0. The third kappa shape index (κ3) is 1.89. The van der Waals surface area contributed by atoms with Crippen molar-refractivity contribution in [2.45, 2.75) is 38.5 Å². The number of hydrogen-bond acceptors (Lipinski definition) is 2. The van der Waals surface area contributed by atoms with Gasteiger partial charge < -0.3 is 5.73 Å². The molecule has 2 rings (SSSR count). The maximum atomic E-state index is 5.90. The van der Waals surface area contributed by atoms with Crippen LogP contribution in [0, 0.1) is 11.3 Å². The van der Waals surface area contributed by atoms with Gasteiger partial charge in [-0.1, -0.05) is 19.3 Å². The largest absolute Gasteiger partial charge is 0.330 e. The molecule has 1 atom stereocenters. The van der Waals surface area contributed by atoms with Gasteiger partial charge in [0.05, 0.1) is 0 Å². The topological polar surface area (TPSA) is 26.0 Å². The van der Waals surface area contributed by atoms with Crippen molar-refractivity contribution >= 4 is 11.8 Å². The van der Waals surface area contributed by atoms with Gasteiger partial charge >= 0.3 is 0 Å². The summed E-state index contributed by atoms with van der Waals surface area (Å²) in [6.07, 6.45) is 8.67. The van der Waals surface area contributed by atoms with Crippen LogP contribution in [0.5, 0.6) is 0 Å². The van der Waals surface area contributed by atoms with Gasteiger partial charge in [0, 0.05) is 0 Å². The summed E-state index contributed by atoms with van der Waals surface area (Å²) in [7, 11) is 0. The summed E-state index contributed by atoms with van der Waals surface area (Å²) in [5.41, 5.74) is 6.56. The van der Waals surface area contributed by atoms with Crippen LogP contribution in [-0.2, 0) is 0 Å². The van der Waals surface area contributed by atoms with E-state index in [0.29, 0.717) is 5.41 Å². The van der Waals surface area contributed by atoms with E-state index >= 15 is 0 Å². The molecule has 1 aliphatic carbocycles. The minimum Gasteiger partial charge on any atom is -0.330 e. The standard InChI is InChI=1S/C11H21NS/c12-8-10-4-7-13-9-11(10)5-2-1-3-6-11/h10H,1-9,12H2. The van der Waals surface area contributed by atoms with Crippen LogP contribution in [0.1, 0.15) is 38.5 Å². The molecule has 1 saturated heterocycles. The third-order valence-corrected chi connectivity index (χ3v) is 5.30. The van der Waals surface area contributed by atoms with E-state index in [1.807, 2.05) is 0 Å². The molecule has 0 aromatic heterocycles. The van der Waals surface area contributed by atoms with E-state index in [1.54, 1.807) is 0 Å². The maximum absolute atomic E-state index is 5.90. The second-order valence-corrected chi connectivity index (χ2v) is 5.80. The van der Waals surface area contributed by atoms with Crippen molar-refractivity contribution < 1.29 is 0 Å². The molecule has 1 nitrogen and oxygen atoms in total. The molecule has 13 heavy (non-hydrogen) atoms. The zero-order valence-corrected chi connectivity index (χ0v) is 9.24. The van der Waals surface area contributed by atoms with Gasteiger partial charge in [-0.05, 0) is 48.6 Å². The Hall–Kier alpha value is 0.310. The molecule has 0 aromatic rings. The van der Waals surface area contributed by atoms with Crippen LogP contribution < -0.4 is 5.73 Å². The lowest BCUT2D eigenvalue weighted by Crippen LogP contribution is -2.42. The Morgan fingerprint density at radius 2 is 2.00 bits per heavy atom. The Morgan fingerprint density at radius 1 is 1.23 bits per heavy atom. The normalized spacial score (nSPS) is 33.5. The van der Waals surface area contributed by atoms with Crippen LogP contribution in [0.2, 0.25) is 0 Å². The second kappa shape index (κ2) is 4.22. The van der Waals surface area contributed by atoms with Crippen LogP contribution in [0.4, 0.5) is 0 Å². The molecule has 1 heterocycles. The van der Waals surface area contributed by atoms with Gasteiger partial charge in [0.15, 0.2) is 0 Å². The smallest absolute Gasteiger partial charge is 0.000767 e. The van der Waals surface area contributed by atoms with Crippen LogP contribution in [0.15, 0.2) is 0 Å². The van der Waals surface area contributed by atoms with Crippen molar-refractivity contribution in [1.29, 1.82) is 0 Å². The first-order chi connectivity index (χ1) is 6.37. The molecular formula is C11H21NS. The number of hydrogen-bond donors (Lipinski definition) is 1. The van der Waals surface area contributed by atoms with Gasteiger partial charge in [0.2, 0.25) is 0 Å². The van der Waals surface area contributed by atoms with Crippen molar-refractivity contribution in [2.75, 3.05) is 18.1 Å².